The molecule has 0 aromatic heterocycles. The highest BCUT2D eigenvalue weighted by Gasteiger charge is 2.54. The predicted octanol–water partition coefficient (Wildman–Crippen LogP) is 23.0. The number of rotatable bonds is 5. The van der Waals surface area contributed by atoms with E-state index in [1.165, 1.54) is 187 Å². The van der Waals surface area contributed by atoms with Crippen molar-refractivity contribution in [2.45, 2.75) is 159 Å². The van der Waals surface area contributed by atoms with Gasteiger partial charge in [-0.2, -0.15) is 0 Å². The van der Waals surface area contributed by atoms with Crippen LogP contribution < -0.4 is 9.64 Å². The van der Waals surface area contributed by atoms with Crippen LogP contribution in [0.3, 0.4) is 0 Å². The lowest BCUT2D eigenvalue weighted by molar-refractivity contribution is 0.424. The summed E-state index contributed by atoms with van der Waals surface area (Å²) in [5, 5.41) is 0. The van der Waals surface area contributed by atoms with E-state index in [0.717, 1.165) is 28.6 Å². The molecule has 0 amide bonds. The molecular weight excluding hydrogens is 1050 g/mol. The minimum absolute atomic E-state index is 0.0485. The summed E-state index contributed by atoms with van der Waals surface area (Å²) in [6, 6.07) is 80.0. The molecule has 2 nitrogen and oxygen atoms in total. The SMILES string of the molecule is CC(C)(C)c1ccc2c(c1)C1(c3ccccc3-c3ccc(N(c4ccc5c(c4)C(C)(C)c4ccccc4-5)c4ccc5c(c4)C4(c6cc(C7CCCCC7)ccc6Oc6ccc(C7CCCCC7)cc64)c4ccccc4-5)cc31)c1cc(C(C)(C)C)ccc1-2. The minimum atomic E-state index is -0.635. The third kappa shape index (κ3) is 7.52. The molecular formula is C85H79NO. The zero-order valence-corrected chi connectivity index (χ0v) is 52.1. The standard InChI is InChI=1S/C85H79NO/c1-81(2,3)56-33-38-65-66-39-34-57(82(4,5)6)48-74(66)84(73(65)47-56)70-29-19-16-26-62(70)67-41-36-59(50-75(67)84)86(58-35-40-64-61-25-15-18-28-69(61)83(7,8)72(64)49-58)60-37-42-68-63-27-17-20-30-71(63)85(76(68)51-60)77-45-54(52-21-11-9-12-22-52)31-43-79(77)87-80-44-32-55(46-78(80)85)53-23-13-10-14-24-53/h15-20,25-53H,9-14,21-24H2,1-8H3. The van der Waals surface area contributed by atoms with E-state index in [1.807, 2.05) is 0 Å². The summed E-state index contributed by atoms with van der Waals surface area (Å²) in [5.41, 5.74) is 31.7. The molecule has 0 saturated heterocycles. The van der Waals surface area contributed by atoms with Crippen LogP contribution in [0.25, 0.3) is 44.5 Å². The first kappa shape index (κ1) is 53.1. The summed E-state index contributed by atoms with van der Waals surface area (Å²) in [7, 11) is 0. The van der Waals surface area contributed by atoms with Crippen LogP contribution >= 0.6 is 0 Å². The third-order valence-corrected chi connectivity index (χ3v) is 22.5. The zero-order chi connectivity index (χ0) is 58.9. The van der Waals surface area contributed by atoms with E-state index in [9.17, 15) is 0 Å². The lowest BCUT2D eigenvalue weighted by Crippen LogP contribution is -2.33. The van der Waals surface area contributed by atoms with Crippen molar-refractivity contribution in [2.75, 3.05) is 4.90 Å². The van der Waals surface area contributed by atoms with Crippen LogP contribution in [0.2, 0.25) is 0 Å². The molecule has 0 unspecified atom stereocenters. The molecule has 7 aliphatic rings. The van der Waals surface area contributed by atoms with Crippen molar-refractivity contribution >= 4 is 17.1 Å². The van der Waals surface area contributed by atoms with E-state index in [4.69, 9.17) is 4.74 Å². The van der Waals surface area contributed by atoms with Gasteiger partial charge in [-0.25, -0.2) is 0 Å². The molecule has 10 aromatic carbocycles. The lowest BCUT2D eigenvalue weighted by atomic mass is 9.64. The summed E-state index contributed by atoms with van der Waals surface area (Å²) < 4.78 is 7.29. The molecule has 17 rings (SSSR count). The Kier molecular flexibility index (Phi) is 11.5. The highest BCUT2D eigenvalue weighted by atomic mass is 16.5. The summed E-state index contributed by atoms with van der Waals surface area (Å²) in [5.74, 6) is 3.03. The Bertz CT molecular complexity index is 4390. The maximum atomic E-state index is 7.29. The molecule has 0 bridgehead atoms. The summed E-state index contributed by atoms with van der Waals surface area (Å²) in [4.78, 5) is 2.64. The van der Waals surface area contributed by atoms with Crippen molar-refractivity contribution in [3.8, 4) is 56.0 Å². The zero-order valence-electron chi connectivity index (χ0n) is 52.1. The Balaban J connectivity index is 0.946. The van der Waals surface area contributed by atoms with Gasteiger partial charge in [0.25, 0.3) is 0 Å². The molecule has 430 valence electrons. The van der Waals surface area contributed by atoms with Gasteiger partial charge in [0.2, 0.25) is 0 Å². The molecule has 87 heavy (non-hydrogen) atoms. The fourth-order valence-electron chi connectivity index (χ4n) is 18.0. The smallest absolute Gasteiger partial charge is 0.132 e. The van der Waals surface area contributed by atoms with E-state index in [1.54, 1.807) is 0 Å². The Morgan fingerprint density at radius 3 is 1.10 bits per heavy atom. The summed E-state index contributed by atoms with van der Waals surface area (Å²) in [6.45, 7) is 19.1. The normalized spacial score (nSPS) is 17.7. The number of hydrogen-bond acceptors (Lipinski definition) is 2. The fourth-order valence-corrected chi connectivity index (χ4v) is 18.0. The van der Waals surface area contributed by atoms with Crippen LogP contribution in [0.5, 0.6) is 11.5 Å². The van der Waals surface area contributed by atoms with Crippen molar-refractivity contribution in [1.82, 2.24) is 0 Å². The van der Waals surface area contributed by atoms with E-state index in [0.29, 0.717) is 11.8 Å². The first-order valence-electron chi connectivity index (χ1n) is 32.9. The molecule has 1 aliphatic heterocycles. The van der Waals surface area contributed by atoms with E-state index >= 15 is 0 Å². The summed E-state index contributed by atoms with van der Waals surface area (Å²) >= 11 is 0. The van der Waals surface area contributed by atoms with E-state index in [-0.39, 0.29) is 16.2 Å². The molecule has 10 aromatic rings. The van der Waals surface area contributed by atoms with E-state index in [2.05, 4.69) is 260 Å². The Labute approximate surface area is 516 Å². The van der Waals surface area contributed by atoms with Gasteiger partial charge in [-0.15, -0.1) is 0 Å². The molecule has 2 saturated carbocycles. The highest BCUT2D eigenvalue weighted by molar-refractivity contribution is 5.98. The number of hydrogen-bond donors (Lipinski definition) is 0. The number of benzene rings is 10. The second-order valence-electron chi connectivity index (χ2n) is 29.6. The molecule has 0 N–H and O–H groups in total. The molecule has 0 radical (unpaired) electrons. The minimum Gasteiger partial charge on any atom is -0.457 e. The van der Waals surface area contributed by atoms with Crippen LogP contribution in [0.15, 0.2) is 200 Å². The van der Waals surface area contributed by atoms with Crippen molar-refractivity contribution in [3.63, 3.8) is 0 Å². The average Bonchev–Trinajstić information content (AvgIpc) is 1.56. The van der Waals surface area contributed by atoms with Crippen molar-refractivity contribution in [2.24, 2.45) is 0 Å². The number of nitrogens with zero attached hydrogens (tertiary/aromatic N) is 1. The first-order valence-corrected chi connectivity index (χ1v) is 32.9. The van der Waals surface area contributed by atoms with Gasteiger partial charge in [-0.05, 0) is 208 Å². The third-order valence-electron chi connectivity index (χ3n) is 22.5. The maximum Gasteiger partial charge on any atom is 0.132 e. The second kappa shape index (κ2) is 18.9. The van der Waals surface area contributed by atoms with Gasteiger partial charge in [0.15, 0.2) is 0 Å². The number of anilines is 3. The van der Waals surface area contributed by atoms with Gasteiger partial charge in [0.1, 0.15) is 11.5 Å². The second-order valence-corrected chi connectivity index (χ2v) is 29.6. The Morgan fingerprint density at radius 1 is 0.322 bits per heavy atom. The fraction of sp³-hybridized carbons (Fsp3) is 0.294. The largest absolute Gasteiger partial charge is 0.457 e. The average molecular weight is 1130 g/mol. The number of fused-ring (bicyclic) bond motifs is 22. The molecule has 2 heteroatoms. The predicted molar refractivity (Wildman–Crippen MR) is 361 cm³/mol. The Morgan fingerprint density at radius 2 is 0.667 bits per heavy atom. The molecule has 1 heterocycles. The van der Waals surface area contributed by atoms with Crippen LogP contribution in [0.1, 0.15) is 209 Å². The molecule has 2 fully saturated rings. The van der Waals surface area contributed by atoms with Gasteiger partial charge in [-0.1, -0.05) is 246 Å². The van der Waals surface area contributed by atoms with Crippen molar-refractivity contribution in [1.29, 1.82) is 0 Å². The quantitative estimate of drug-likeness (QED) is 0.170. The van der Waals surface area contributed by atoms with Crippen LogP contribution in [-0.4, -0.2) is 0 Å². The molecule has 0 atom stereocenters. The van der Waals surface area contributed by atoms with Gasteiger partial charge in [0, 0.05) is 33.6 Å². The molecule has 6 aliphatic carbocycles. The van der Waals surface area contributed by atoms with Crippen LogP contribution in [-0.2, 0) is 27.1 Å². The van der Waals surface area contributed by atoms with Gasteiger partial charge >= 0.3 is 0 Å². The maximum absolute atomic E-state index is 7.29. The number of ether oxygens (including phenoxy) is 1. The van der Waals surface area contributed by atoms with E-state index < -0.39 is 10.8 Å². The monoisotopic (exact) mass is 1130 g/mol. The van der Waals surface area contributed by atoms with Crippen LogP contribution in [0, 0.1) is 0 Å². The highest BCUT2D eigenvalue weighted by Crippen LogP contribution is 2.67. The van der Waals surface area contributed by atoms with Gasteiger partial charge in [0.05, 0.1) is 10.8 Å². The van der Waals surface area contributed by atoms with Crippen LogP contribution in [0.4, 0.5) is 17.1 Å². The van der Waals surface area contributed by atoms with Crippen molar-refractivity contribution < 1.29 is 4.74 Å². The van der Waals surface area contributed by atoms with Gasteiger partial charge < -0.3 is 9.64 Å². The lowest BCUT2D eigenvalue weighted by Gasteiger charge is -2.41. The van der Waals surface area contributed by atoms with Crippen molar-refractivity contribution in [3.05, 3.63) is 278 Å². The first-order chi connectivity index (χ1) is 42.1. The van der Waals surface area contributed by atoms with Gasteiger partial charge in [-0.3, -0.25) is 0 Å². The summed E-state index contributed by atoms with van der Waals surface area (Å²) in [6.07, 6.45) is 12.8. The topological polar surface area (TPSA) is 12.5 Å². The Hall–Kier alpha value is -8.20. The molecule has 2 spiro atoms.